The number of benzene rings is 2. The fourth-order valence-corrected chi connectivity index (χ4v) is 3.14. The maximum Gasteiger partial charge on any atom is 0.269 e. The first-order valence-electron chi connectivity index (χ1n) is 8.64. The molecule has 0 aromatic heterocycles. The maximum atomic E-state index is 12.6. The van der Waals surface area contributed by atoms with Crippen LogP contribution in [0.3, 0.4) is 0 Å². The average Bonchev–Trinajstić information content (AvgIpc) is 3.01. The number of amides is 1. The summed E-state index contributed by atoms with van der Waals surface area (Å²) in [6.45, 7) is 1.72. The Morgan fingerprint density at radius 1 is 1.26 bits per heavy atom. The summed E-state index contributed by atoms with van der Waals surface area (Å²) in [7, 11) is 0. The van der Waals surface area contributed by atoms with Crippen LogP contribution in [0.2, 0.25) is 0 Å². The molecule has 1 saturated heterocycles. The van der Waals surface area contributed by atoms with Crippen LogP contribution in [-0.4, -0.2) is 34.5 Å². The Bertz CT molecular complexity index is 851. The van der Waals surface area contributed by atoms with E-state index in [0.29, 0.717) is 19.6 Å². The molecule has 27 heavy (non-hydrogen) atoms. The Morgan fingerprint density at radius 3 is 2.74 bits per heavy atom. The molecule has 2 aromatic rings. The zero-order chi connectivity index (χ0) is 19.2. The molecule has 3 rings (SSSR count). The molecule has 0 radical (unpaired) electrons. The number of non-ortho nitro benzene ring substituents is 1. The van der Waals surface area contributed by atoms with Gasteiger partial charge in [0.1, 0.15) is 0 Å². The van der Waals surface area contributed by atoms with Gasteiger partial charge in [-0.1, -0.05) is 30.3 Å². The fraction of sp³-hybridized carbons (Fsp3) is 0.263. The van der Waals surface area contributed by atoms with Gasteiger partial charge in [-0.05, 0) is 29.2 Å². The monoisotopic (exact) mass is 367 g/mol. The fourth-order valence-electron chi connectivity index (χ4n) is 3.14. The molecule has 140 valence electrons. The van der Waals surface area contributed by atoms with Crippen LogP contribution in [0.15, 0.2) is 53.6 Å². The molecule has 0 unspecified atom stereocenters. The van der Waals surface area contributed by atoms with Gasteiger partial charge in [0, 0.05) is 31.8 Å². The number of nitro benzene ring substituents is 1. The first-order valence-corrected chi connectivity index (χ1v) is 8.64. The quantitative estimate of drug-likeness (QED) is 0.335. The lowest BCUT2D eigenvalue weighted by atomic mass is 10.1. The van der Waals surface area contributed by atoms with Gasteiger partial charge in [-0.3, -0.25) is 14.9 Å². The van der Waals surface area contributed by atoms with Crippen molar-refractivity contribution in [3.8, 4) is 0 Å². The van der Waals surface area contributed by atoms with Crippen LogP contribution in [0, 0.1) is 10.1 Å². The molecule has 1 heterocycles. The van der Waals surface area contributed by atoms with Crippen LogP contribution < -0.4 is 11.2 Å². The minimum atomic E-state index is -0.427. The van der Waals surface area contributed by atoms with Crippen molar-refractivity contribution in [3.05, 3.63) is 75.3 Å². The summed E-state index contributed by atoms with van der Waals surface area (Å²) < 4.78 is 0. The molecular weight excluding hydrogens is 346 g/mol. The summed E-state index contributed by atoms with van der Waals surface area (Å²) in [5, 5.41) is 17.5. The van der Waals surface area contributed by atoms with Gasteiger partial charge in [0.25, 0.3) is 5.69 Å². The van der Waals surface area contributed by atoms with Crippen molar-refractivity contribution in [3.63, 3.8) is 0 Å². The number of nitro groups is 1. The van der Waals surface area contributed by atoms with E-state index in [1.807, 2.05) is 29.2 Å². The van der Waals surface area contributed by atoms with Crippen LogP contribution in [0.5, 0.6) is 0 Å². The van der Waals surface area contributed by atoms with Crippen molar-refractivity contribution in [2.24, 2.45) is 10.9 Å². The van der Waals surface area contributed by atoms with Crippen LogP contribution >= 0.6 is 0 Å². The van der Waals surface area contributed by atoms with Gasteiger partial charge in [-0.2, -0.15) is 5.10 Å². The molecule has 0 bridgehead atoms. The van der Waals surface area contributed by atoms with Crippen molar-refractivity contribution >= 4 is 17.8 Å². The molecule has 1 fully saturated rings. The topological polar surface area (TPSA) is 114 Å². The zero-order valence-corrected chi connectivity index (χ0v) is 14.7. The van der Waals surface area contributed by atoms with Gasteiger partial charge in [-0.15, -0.1) is 0 Å². The average molecular weight is 367 g/mol. The van der Waals surface area contributed by atoms with E-state index in [0.717, 1.165) is 23.1 Å². The molecule has 8 heteroatoms. The van der Waals surface area contributed by atoms with E-state index in [-0.39, 0.29) is 17.6 Å². The SMILES string of the molecule is NN=Cc1cccc(CN2CC[C@H](NCc3ccc([N+](=O)[O-])cc3)C2=O)c1. The number of hydrogen-bond acceptors (Lipinski definition) is 6. The van der Waals surface area contributed by atoms with E-state index in [9.17, 15) is 14.9 Å². The van der Waals surface area contributed by atoms with Crippen LogP contribution in [0.4, 0.5) is 5.69 Å². The van der Waals surface area contributed by atoms with Crippen LogP contribution in [0.25, 0.3) is 0 Å². The molecule has 1 amide bonds. The van der Waals surface area contributed by atoms with Gasteiger partial charge in [0.15, 0.2) is 0 Å². The zero-order valence-electron chi connectivity index (χ0n) is 14.7. The minimum absolute atomic E-state index is 0.0591. The Balaban J connectivity index is 1.55. The highest BCUT2D eigenvalue weighted by atomic mass is 16.6. The summed E-state index contributed by atoms with van der Waals surface area (Å²) >= 11 is 0. The summed E-state index contributed by atoms with van der Waals surface area (Å²) in [6.07, 6.45) is 2.31. The number of carbonyl (C=O) groups excluding carboxylic acids is 1. The van der Waals surface area contributed by atoms with E-state index in [1.54, 1.807) is 18.3 Å². The van der Waals surface area contributed by atoms with E-state index < -0.39 is 4.92 Å². The summed E-state index contributed by atoms with van der Waals surface area (Å²) in [4.78, 5) is 24.7. The second-order valence-electron chi connectivity index (χ2n) is 6.43. The number of hydrogen-bond donors (Lipinski definition) is 2. The van der Waals surface area contributed by atoms with Gasteiger partial charge >= 0.3 is 0 Å². The number of hydrazone groups is 1. The summed E-state index contributed by atoms with van der Waals surface area (Å²) in [6, 6.07) is 13.8. The van der Waals surface area contributed by atoms with E-state index in [1.165, 1.54) is 12.1 Å². The third-order valence-electron chi connectivity index (χ3n) is 4.55. The van der Waals surface area contributed by atoms with Gasteiger partial charge in [0.2, 0.25) is 5.91 Å². The smallest absolute Gasteiger partial charge is 0.269 e. The maximum absolute atomic E-state index is 12.6. The number of carbonyl (C=O) groups is 1. The lowest BCUT2D eigenvalue weighted by molar-refractivity contribution is -0.384. The number of likely N-dealkylation sites (tertiary alicyclic amines) is 1. The third kappa shape index (κ3) is 4.68. The number of nitrogens with zero attached hydrogens (tertiary/aromatic N) is 3. The molecule has 1 atom stereocenters. The van der Waals surface area contributed by atoms with E-state index in [2.05, 4.69) is 10.4 Å². The molecule has 3 N–H and O–H groups in total. The van der Waals surface area contributed by atoms with Gasteiger partial charge in [0.05, 0.1) is 17.2 Å². The first kappa shape index (κ1) is 18.5. The summed E-state index contributed by atoms with van der Waals surface area (Å²) in [5.74, 6) is 5.25. The van der Waals surface area contributed by atoms with Crippen LogP contribution in [-0.2, 0) is 17.9 Å². The number of rotatable bonds is 7. The molecule has 0 spiro atoms. The first-order chi connectivity index (χ1) is 13.1. The Morgan fingerprint density at radius 2 is 2.04 bits per heavy atom. The predicted octanol–water partition coefficient (Wildman–Crippen LogP) is 1.78. The molecule has 8 nitrogen and oxygen atoms in total. The van der Waals surface area contributed by atoms with Crippen molar-refractivity contribution in [2.75, 3.05) is 6.54 Å². The highest BCUT2D eigenvalue weighted by molar-refractivity contribution is 5.84. The van der Waals surface area contributed by atoms with Crippen LogP contribution in [0.1, 0.15) is 23.1 Å². The molecule has 2 aromatic carbocycles. The Hall–Kier alpha value is -3.26. The van der Waals surface area contributed by atoms with E-state index in [4.69, 9.17) is 5.84 Å². The predicted molar refractivity (Wildman–Crippen MR) is 102 cm³/mol. The third-order valence-corrected chi connectivity index (χ3v) is 4.55. The van der Waals surface area contributed by atoms with Gasteiger partial charge < -0.3 is 16.1 Å². The highest BCUT2D eigenvalue weighted by Crippen LogP contribution is 2.17. The lowest BCUT2D eigenvalue weighted by Gasteiger charge is -2.17. The second kappa shape index (κ2) is 8.41. The second-order valence-corrected chi connectivity index (χ2v) is 6.43. The highest BCUT2D eigenvalue weighted by Gasteiger charge is 2.31. The summed E-state index contributed by atoms with van der Waals surface area (Å²) in [5.41, 5.74) is 2.88. The van der Waals surface area contributed by atoms with Crippen molar-refractivity contribution < 1.29 is 9.72 Å². The molecule has 0 aliphatic carbocycles. The van der Waals surface area contributed by atoms with E-state index >= 15 is 0 Å². The molecule has 1 aliphatic rings. The molecule has 1 aliphatic heterocycles. The van der Waals surface area contributed by atoms with Crippen molar-refractivity contribution in [2.45, 2.75) is 25.6 Å². The lowest BCUT2D eigenvalue weighted by Crippen LogP contribution is -2.37. The largest absolute Gasteiger partial charge is 0.337 e. The van der Waals surface area contributed by atoms with Crippen molar-refractivity contribution in [1.82, 2.24) is 10.2 Å². The molecule has 0 saturated carbocycles. The number of nitrogens with one attached hydrogen (secondary N) is 1. The molecular formula is C19H21N5O3. The van der Waals surface area contributed by atoms with Crippen molar-refractivity contribution in [1.29, 1.82) is 0 Å². The van der Waals surface area contributed by atoms with Gasteiger partial charge in [-0.25, -0.2) is 0 Å². The Kier molecular flexibility index (Phi) is 5.77. The Labute approximate surface area is 156 Å². The number of nitrogens with two attached hydrogens (primary N) is 1. The normalized spacial score (nSPS) is 17.0. The standard InChI is InChI=1S/C19H21N5O3/c20-22-12-15-2-1-3-16(10-15)13-23-9-8-18(19(23)25)21-11-14-4-6-17(7-5-14)24(26)27/h1-7,10,12,18,21H,8-9,11,13,20H2/t18-/m0/s1. The minimum Gasteiger partial charge on any atom is -0.337 e.